The van der Waals surface area contributed by atoms with Crippen LogP contribution < -0.4 is 25.3 Å². The number of benzene rings is 2. The minimum atomic E-state index is -5.14. The van der Waals surface area contributed by atoms with E-state index in [4.69, 9.17) is 14.6 Å². The molecule has 1 heterocycles. The van der Waals surface area contributed by atoms with Gasteiger partial charge in [-0.25, -0.2) is 4.98 Å². The van der Waals surface area contributed by atoms with Crippen molar-refractivity contribution in [1.82, 2.24) is 4.98 Å². The number of amides is 2. The molecule has 0 unspecified atom stereocenters. The molecule has 0 aliphatic carbocycles. The van der Waals surface area contributed by atoms with Crippen LogP contribution in [0.4, 0.5) is 32.0 Å². The summed E-state index contributed by atoms with van der Waals surface area (Å²) in [5, 5.41) is 2.25. The molecule has 8 nitrogen and oxygen atoms in total. The largest absolute Gasteiger partial charge is 0.573 e. The summed E-state index contributed by atoms with van der Waals surface area (Å²) >= 11 is 0. The van der Waals surface area contributed by atoms with Gasteiger partial charge in [-0.3, -0.25) is 9.59 Å². The average Bonchev–Trinajstić information content (AvgIpc) is 2.78. The highest BCUT2D eigenvalue weighted by molar-refractivity contribution is 6.06. The number of carbonyl (C=O) groups excluding carboxylic acids is 2. The molecule has 0 bridgehead atoms. The Morgan fingerprint density at radius 1 is 0.972 bits per heavy atom. The number of alkyl halides is 6. The zero-order valence-electron chi connectivity index (χ0n) is 20.5. The second kappa shape index (κ2) is 10.0. The number of carbonyl (C=O) groups is 2. The first-order valence-corrected chi connectivity index (χ1v) is 9.46. The number of methoxy groups -OCH3 is 1. The van der Waals surface area contributed by atoms with Crippen LogP contribution in [0.15, 0.2) is 54.7 Å². The van der Waals surface area contributed by atoms with E-state index < -0.39 is 65.5 Å². The quantitative estimate of drug-likeness (QED) is 0.419. The summed E-state index contributed by atoms with van der Waals surface area (Å²) in [4.78, 5) is 27.7. The average molecular weight is 518 g/mol. The lowest BCUT2D eigenvalue weighted by molar-refractivity contribution is -0.274. The van der Waals surface area contributed by atoms with Crippen molar-refractivity contribution in [2.24, 2.45) is 5.73 Å². The molecular weight excluding hydrogens is 500 g/mol. The number of nitrogens with zero attached hydrogens (tertiary/aromatic N) is 1. The van der Waals surface area contributed by atoms with Crippen molar-refractivity contribution in [3.8, 4) is 23.0 Å². The van der Waals surface area contributed by atoms with Crippen LogP contribution in [0.5, 0.6) is 23.0 Å². The van der Waals surface area contributed by atoms with Gasteiger partial charge in [-0.05, 0) is 42.5 Å². The van der Waals surface area contributed by atoms with Crippen LogP contribution in [-0.2, 0) is 6.18 Å². The van der Waals surface area contributed by atoms with Gasteiger partial charge in [-0.1, -0.05) is 0 Å². The zero-order chi connectivity index (χ0) is 29.2. The number of nitrogens with two attached hydrogens (primary N) is 1. The minimum absolute atomic E-state index is 0.0477. The van der Waals surface area contributed by atoms with Gasteiger partial charge in [0.25, 0.3) is 11.8 Å². The Bertz CT molecular complexity index is 1380. The Morgan fingerprint density at radius 2 is 1.69 bits per heavy atom. The molecule has 0 saturated heterocycles. The molecule has 2 amide bonds. The number of pyridine rings is 1. The molecule has 3 rings (SSSR count). The first-order chi connectivity index (χ1) is 17.9. The number of aromatic nitrogens is 1. The molecule has 3 N–H and O–H groups in total. The Balaban J connectivity index is 2.02. The third kappa shape index (κ3) is 6.55. The highest BCUT2D eigenvalue weighted by atomic mass is 19.4. The molecule has 3 aromatic rings. The predicted octanol–water partition coefficient (Wildman–Crippen LogP) is 5.15. The van der Waals surface area contributed by atoms with Crippen molar-refractivity contribution in [1.29, 1.82) is 0 Å². The third-order valence-electron chi connectivity index (χ3n) is 4.30. The summed E-state index contributed by atoms with van der Waals surface area (Å²) in [5.41, 5.74) is 2.91. The molecule has 190 valence electrons. The van der Waals surface area contributed by atoms with E-state index in [1.165, 1.54) is 6.07 Å². The zero-order valence-corrected chi connectivity index (χ0v) is 17.5. The second-order valence-corrected chi connectivity index (χ2v) is 6.82. The SMILES string of the molecule is [2H]C([2H])([2H])Oc1cc(OC(F)(F)F)ccc1Oc1ccc(C(F)(F)F)cc1C(=O)Nc1ccc(C(N)=O)nc1. The maximum atomic E-state index is 13.4. The fourth-order valence-electron chi connectivity index (χ4n) is 2.75. The molecule has 0 spiro atoms. The molecule has 0 saturated carbocycles. The highest BCUT2D eigenvalue weighted by Crippen LogP contribution is 2.39. The van der Waals surface area contributed by atoms with E-state index in [1.807, 2.05) is 0 Å². The first kappa shape index (κ1) is 22.0. The van der Waals surface area contributed by atoms with Crippen LogP contribution in [0.3, 0.4) is 0 Å². The van der Waals surface area contributed by atoms with Crippen LogP contribution in [-0.4, -0.2) is 30.2 Å². The summed E-state index contributed by atoms with van der Waals surface area (Å²) in [6.45, 7) is 0. The van der Waals surface area contributed by atoms with Crippen LogP contribution in [0, 0.1) is 0 Å². The van der Waals surface area contributed by atoms with E-state index in [-0.39, 0.29) is 11.4 Å². The van der Waals surface area contributed by atoms with E-state index in [0.29, 0.717) is 18.2 Å². The van der Waals surface area contributed by atoms with Gasteiger partial charge >= 0.3 is 12.5 Å². The molecular formula is C22H15F6N3O5. The van der Waals surface area contributed by atoms with Crippen LogP contribution in [0.1, 0.15) is 30.5 Å². The maximum Gasteiger partial charge on any atom is 0.573 e. The van der Waals surface area contributed by atoms with Gasteiger partial charge in [0.15, 0.2) is 11.5 Å². The third-order valence-corrected chi connectivity index (χ3v) is 4.30. The van der Waals surface area contributed by atoms with E-state index in [1.54, 1.807) is 0 Å². The fraction of sp³-hybridized carbons (Fsp3) is 0.136. The van der Waals surface area contributed by atoms with Crippen LogP contribution >= 0.6 is 0 Å². The number of nitrogens with one attached hydrogen (secondary N) is 1. The molecule has 14 heteroatoms. The highest BCUT2D eigenvalue weighted by Gasteiger charge is 2.33. The van der Waals surface area contributed by atoms with Gasteiger partial charge in [0, 0.05) is 6.07 Å². The van der Waals surface area contributed by atoms with Gasteiger partial charge in [0.05, 0.1) is 34.2 Å². The smallest absolute Gasteiger partial charge is 0.493 e. The number of ether oxygens (including phenoxy) is 3. The van der Waals surface area contributed by atoms with E-state index in [2.05, 4.69) is 19.8 Å². The predicted molar refractivity (Wildman–Crippen MR) is 112 cm³/mol. The maximum absolute atomic E-state index is 13.4. The van der Waals surface area contributed by atoms with Gasteiger partial charge < -0.3 is 25.3 Å². The summed E-state index contributed by atoms with van der Waals surface area (Å²) in [6.07, 6.45) is -9.01. The lowest BCUT2D eigenvalue weighted by Crippen LogP contribution is -2.17. The van der Waals surface area contributed by atoms with Crippen molar-refractivity contribution in [2.75, 3.05) is 12.4 Å². The molecule has 0 radical (unpaired) electrons. The molecule has 0 aliphatic rings. The summed E-state index contributed by atoms with van der Waals surface area (Å²) in [7, 11) is -3.18. The van der Waals surface area contributed by atoms with Gasteiger partial charge in [-0.15, -0.1) is 13.2 Å². The Morgan fingerprint density at radius 3 is 2.28 bits per heavy atom. The number of halogens is 6. The summed E-state index contributed by atoms with van der Waals surface area (Å²) in [6, 6.07) is 6.13. The molecule has 2 aromatic carbocycles. The molecule has 0 atom stereocenters. The Labute approximate surface area is 202 Å². The fourth-order valence-corrected chi connectivity index (χ4v) is 2.75. The monoisotopic (exact) mass is 518 g/mol. The van der Waals surface area contributed by atoms with Crippen molar-refractivity contribution in [3.63, 3.8) is 0 Å². The Hall–Kier alpha value is -4.49. The topological polar surface area (TPSA) is 113 Å². The first-order valence-electron chi connectivity index (χ1n) is 11.0. The molecule has 0 aliphatic heterocycles. The van der Waals surface area contributed by atoms with Crippen molar-refractivity contribution >= 4 is 17.5 Å². The number of hydrogen-bond donors (Lipinski definition) is 2. The molecule has 36 heavy (non-hydrogen) atoms. The van der Waals surface area contributed by atoms with Crippen LogP contribution in [0.25, 0.3) is 0 Å². The summed E-state index contributed by atoms with van der Waals surface area (Å²) in [5.74, 6) is -4.83. The van der Waals surface area contributed by atoms with E-state index in [9.17, 15) is 35.9 Å². The van der Waals surface area contributed by atoms with Crippen molar-refractivity contribution < 1.29 is 54.3 Å². The minimum Gasteiger partial charge on any atom is -0.493 e. The van der Waals surface area contributed by atoms with Gasteiger partial charge in [-0.2, -0.15) is 13.2 Å². The molecule has 1 aromatic heterocycles. The lowest BCUT2D eigenvalue weighted by atomic mass is 10.1. The summed E-state index contributed by atoms with van der Waals surface area (Å²) < 4.78 is 113. The van der Waals surface area contributed by atoms with E-state index in [0.717, 1.165) is 30.5 Å². The van der Waals surface area contributed by atoms with Gasteiger partial charge in [0.1, 0.15) is 17.2 Å². The Kier molecular flexibility index (Phi) is 6.12. The number of hydrogen-bond acceptors (Lipinski definition) is 6. The lowest BCUT2D eigenvalue weighted by Gasteiger charge is -2.17. The number of rotatable bonds is 7. The van der Waals surface area contributed by atoms with Crippen molar-refractivity contribution in [2.45, 2.75) is 12.5 Å². The number of primary amides is 1. The van der Waals surface area contributed by atoms with Crippen LogP contribution in [0.2, 0.25) is 0 Å². The van der Waals surface area contributed by atoms with E-state index >= 15 is 0 Å². The number of anilines is 1. The molecule has 0 fully saturated rings. The standard InChI is InChI=1S/C22H15F6N3O5/c1-34-18-9-13(36-22(26,27)28)4-7-17(18)35-16-6-2-11(21(23,24)25)8-14(16)20(33)31-12-3-5-15(19(29)32)30-10-12/h2-10H,1H3,(H2,29,32)(H,31,33)/i1D3. The second-order valence-electron chi connectivity index (χ2n) is 6.82. The van der Waals surface area contributed by atoms with Crippen molar-refractivity contribution in [3.05, 3.63) is 71.5 Å². The normalized spacial score (nSPS) is 13.1. The van der Waals surface area contributed by atoms with Gasteiger partial charge in [0.2, 0.25) is 0 Å².